The highest BCUT2D eigenvalue weighted by molar-refractivity contribution is 7.10. The van der Waals surface area contributed by atoms with Gasteiger partial charge in [-0.25, -0.2) is 9.67 Å². The van der Waals surface area contributed by atoms with Crippen molar-refractivity contribution in [2.45, 2.75) is 44.0 Å². The first kappa shape index (κ1) is 23.8. The normalized spacial score (nSPS) is 19.0. The van der Waals surface area contributed by atoms with Crippen molar-refractivity contribution in [3.63, 3.8) is 0 Å². The highest BCUT2D eigenvalue weighted by Crippen LogP contribution is 2.34. The number of benzene rings is 1. The Kier molecular flexibility index (Phi) is 6.54. The molecule has 0 radical (unpaired) electrons. The zero-order valence-electron chi connectivity index (χ0n) is 18.4. The zero-order valence-corrected chi connectivity index (χ0v) is 20.0. The van der Waals surface area contributed by atoms with Gasteiger partial charge in [0.1, 0.15) is 17.4 Å². The Morgan fingerprint density at radius 3 is 2.63 bits per heavy atom. The second-order valence-electron chi connectivity index (χ2n) is 8.48. The Morgan fingerprint density at radius 2 is 1.94 bits per heavy atom. The van der Waals surface area contributed by atoms with Gasteiger partial charge in [0.15, 0.2) is 11.8 Å². The zero-order chi connectivity index (χ0) is 24.6. The first-order chi connectivity index (χ1) is 16.8. The third-order valence-electron chi connectivity index (χ3n) is 6.16. The van der Waals surface area contributed by atoms with Crippen LogP contribution in [-0.2, 0) is 22.4 Å². The Morgan fingerprint density at radius 1 is 1.20 bits per heavy atom. The average Bonchev–Trinajstić information content (AvgIpc) is 3.60. The Labute approximate surface area is 208 Å². The van der Waals surface area contributed by atoms with E-state index < -0.39 is 11.9 Å². The lowest BCUT2D eigenvalue weighted by atomic mass is 9.97. The van der Waals surface area contributed by atoms with Crippen molar-refractivity contribution in [3.05, 3.63) is 68.9 Å². The largest absolute Gasteiger partial charge is 0.435 e. The standard InChI is InChI=1S/C23H21ClF3N5O2S/c24-20-11-19(23(25,26)27)29-32(20)12-21(33)31-8-6-15(7-9-31)22-28-17(13-35-22)16-10-18(34-30-16)14-4-2-1-3-5-14/h1-5,11,13,15,18H,6-10,12H2/t18-/m1/s1. The van der Waals surface area contributed by atoms with E-state index in [9.17, 15) is 18.0 Å². The molecular weight excluding hydrogens is 503 g/mol. The van der Waals surface area contributed by atoms with E-state index in [4.69, 9.17) is 21.4 Å². The molecule has 2 aliphatic heterocycles. The smallest absolute Gasteiger partial charge is 0.387 e. The molecule has 1 fully saturated rings. The van der Waals surface area contributed by atoms with Gasteiger partial charge in [-0.3, -0.25) is 4.79 Å². The van der Waals surface area contributed by atoms with Gasteiger partial charge >= 0.3 is 6.18 Å². The molecule has 2 aliphatic rings. The van der Waals surface area contributed by atoms with Crippen LogP contribution in [0, 0.1) is 0 Å². The number of carbonyl (C=O) groups excluding carboxylic acids is 1. The van der Waals surface area contributed by atoms with E-state index in [-0.39, 0.29) is 29.6 Å². The minimum atomic E-state index is -4.61. The summed E-state index contributed by atoms with van der Waals surface area (Å²) in [5.74, 6) is -0.109. The number of piperidine rings is 1. The van der Waals surface area contributed by atoms with Gasteiger partial charge in [0.05, 0.1) is 10.7 Å². The molecule has 0 N–H and O–H groups in total. The van der Waals surface area contributed by atoms with Crippen LogP contribution in [-0.4, -0.2) is 44.4 Å². The van der Waals surface area contributed by atoms with Gasteiger partial charge in [-0.2, -0.15) is 18.3 Å². The van der Waals surface area contributed by atoms with Crippen molar-refractivity contribution in [2.24, 2.45) is 5.16 Å². The van der Waals surface area contributed by atoms with Gasteiger partial charge in [0, 0.05) is 36.9 Å². The third kappa shape index (κ3) is 5.20. The van der Waals surface area contributed by atoms with Crippen LogP contribution >= 0.6 is 22.9 Å². The average molecular weight is 524 g/mol. The number of rotatable bonds is 5. The molecule has 3 aromatic rings. The molecule has 5 rings (SSSR count). The highest BCUT2D eigenvalue weighted by Gasteiger charge is 2.35. The molecule has 7 nitrogen and oxygen atoms in total. The maximum Gasteiger partial charge on any atom is 0.435 e. The van der Waals surface area contributed by atoms with Crippen LogP contribution in [0.3, 0.4) is 0 Å². The number of hydrogen-bond donors (Lipinski definition) is 0. The van der Waals surface area contributed by atoms with Gasteiger partial charge in [-0.1, -0.05) is 47.1 Å². The number of amides is 1. The second kappa shape index (κ2) is 9.62. The van der Waals surface area contributed by atoms with Crippen LogP contribution in [0.25, 0.3) is 0 Å². The van der Waals surface area contributed by atoms with Gasteiger partial charge in [-0.15, -0.1) is 11.3 Å². The van der Waals surface area contributed by atoms with E-state index in [0.29, 0.717) is 19.5 Å². The summed E-state index contributed by atoms with van der Waals surface area (Å²) >= 11 is 7.41. The number of alkyl halides is 3. The molecule has 12 heteroatoms. The van der Waals surface area contributed by atoms with Crippen LogP contribution in [0.5, 0.6) is 0 Å². The topological polar surface area (TPSA) is 72.6 Å². The lowest BCUT2D eigenvalue weighted by molar-refractivity contribution is -0.142. The van der Waals surface area contributed by atoms with Crippen LogP contribution < -0.4 is 0 Å². The summed E-state index contributed by atoms with van der Waals surface area (Å²) in [6.07, 6.45) is -2.63. The second-order valence-corrected chi connectivity index (χ2v) is 9.76. The molecule has 35 heavy (non-hydrogen) atoms. The predicted molar refractivity (Wildman–Crippen MR) is 124 cm³/mol. The first-order valence-electron chi connectivity index (χ1n) is 11.1. The summed E-state index contributed by atoms with van der Waals surface area (Å²) in [6.45, 7) is 0.649. The molecule has 0 bridgehead atoms. The molecular formula is C23H21ClF3N5O2S. The van der Waals surface area contributed by atoms with Crippen LogP contribution in [0.1, 0.15) is 53.2 Å². The summed E-state index contributed by atoms with van der Waals surface area (Å²) in [6, 6.07) is 10.7. The molecule has 1 atom stereocenters. The van der Waals surface area contributed by atoms with E-state index >= 15 is 0 Å². The van der Waals surface area contributed by atoms with E-state index in [2.05, 4.69) is 10.3 Å². The monoisotopic (exact) mass is 523 g/mol. The third-order valence-corrected chi connectivity index (χ3v) is 7.47. The van der Waals surface area contributed by atoms with E-state index in [1.165, 1.54) is 0 Å². The number of nitrogens with zero attached hydrogens (tertiary/aromatic N) is 5. The van der Waals surface area contributed by atoms with Gasteiger partial charge in [-0.05, 0) is 18.4 Å². The number of hydrogen-bond acceptors (Lipinski definition) is 6. The number of halogens is 4. The predicted octanol–water partition coefficient (Wildman–Crippen LogP) is 5.28. The molecule has 0 aliphatic carbocycles. The Balaban J connectivity index is 1.15. The van der Waals surface area contributed by atoms with Crippen molar-refractivity contribution < 1.29 is 22.8 Å². The molecule has 2 aromatic heterocycles. The fourth-order valence-electron chi connectivity index (χ4n) is 4.23. The molecule has 0 unspecified atom stereocenters. The van der Waals surface area contributed by atoms with E-state index in [1.54, 1.807) is 16.2 Å². The SMILES string of the molecule is O=C(Cn1nc(C(F)(F)F)cc1Cl)N1CCC(c2nc(C3=NO[C@@H](c4ccccc4)C3)cs2)CC1. The number of thiazole rings is 1. The lowest BCUT2D eigenvalue weighted by Crippen LogP contribution is -2.40. The Bertz CT molecular complexity index is 1240. The van der Waals surface area contributed by atoms with Gasteiger partial charge in [0.25, 0.3) is 0 Å². The highest BCUT2D eigenvalue weighted by atomic mass is 35.5. The van der Waals surface area contributed by atoms with Crippen LogP contribution in [0.2, 0.25) is 5.15 Å². The molecule has 1 amide bonds. The van der Waals surface area contributed by atoms with Crippen molar-refractivity contribution in [1.82, 2.24) is 19.7 Å². The summed E-state index contributed by atoms with van der Waals surface area (Å²) in [5, 5.41) is 10.4. The number of carbonyl (C=O) groups is 1. The number of oxime groups is 1. The van der Waals surface area contributed by atoms with E-state index in [0.717, 1.165) is 45.6 Å². The minimum absolute atomic E-state index is 0.110. The maximum absolute atomic E-state index is 12.8. The van der Waals surface area contributed by atoms with Crippen molar-refractivity contribution in [2.75, 3.05) is 13.1 Å². The van der Waals surface area contributed by atoms with Gasteiger partial charge in [0.2, 0.25) is 5.91 Å². The molecule has 0 spiro atoms. The fourth-order valence-corrected chi connectivity index (χ4v) is 5.43. The summed E-state index contributed by atoms with van der Waals surface area (Å²) in [4.78, 5) is 24.7. The molecule has 0 saturated carbocycles. The minimum Gasteiger partial charge on any atom is -0.387 e. The molecule has 1 aromatic carbocycles. The molecule has 184 valence electrons. The fraction of sp³-hybridized carbons (Fsp3) is 0.391. The summed E-state index contributed by atoms with van der Waals surface area (Å²) in [5.41, 5.74) is 1.60. The van der Waals surface area contributed by atoms with Gasteiger partial charge < -0.3 is 9.74 Å². The molecule has 4 heterocycles. The molecule has 1 saturated heterocycles. The van der Waals surface area contributed by atoms with Crippen LogP contribution in [0.15, 0.2) is 46.9 Å². The Hall–Kier alpha value is -2.92. The lowest BCUT2D eigenvalue weighted by Gasteiger charge is -2.31. The number of aromatic nitrogens is 3. The maximum atomic E-state index is 12.8. The van der Waals surface area contributed by atoms with Crippen molar-refractivity contribution >= 4 is 34.6 Å². The van der Waals surface area contributed by atoms with E-state index in [1.807, 2.05) is 35.7 Å². The van der Waals surface area contributed by atoms with Crippen molar-refractivity contribution in [3.8, 4) is 0 Å². The summed E-state index contributed by atoms with van der Waals surface area (Å²) < 4.78 is 39.4. The number of likely N-dealkylation sites (tertiary alicyclic amines) is 1. The quantitative estimate of drug-likeness (QED) is 0.456. The first-order valence-corrected chi connectivity index (χ1v) is 12.4. The summed E-state index contributed by atoms with van der Waals surface area (Å²) in [7, 11) is 0. The van der Waals surface area contributed by atoms with Crippen molar-refractivity contribution in [1.29, 1.82) is 0 Å². The van der Waals surface area contributed by atoms with Crippen LogP contribution in [0.4, 0.5) is 13.2 Å².